The fraction of sp³-hybridized carbons (Fsp3) is 0. The molecule has 0 fully saturated rings. The molecule has 0 atom stereocenters. The van der Waals surface area contributed by atoms with E-state index in [4.69, 9.17) is 4.42 Å². The normalized spacial score (nSPS) is 12.4. The fourth-order valence-electron chi connectivity index (χ4n) is 11.2. The van der Waals surface area contributed by atoms with Gasteiger partial charge in [0.25, 0.3) is 0 Å². The molecule has 0 saturated carbocycles. The van der Waals surface area contributed by atoms with Gasteiger partial charge in [-0.25, -0.2) is 0 Å². The Bertz CT molecular complexity index is 4420. The molecular weight excluding hydrogens is 779 g/mol. The Hall–Kier alpha value is -8.60. The molecule has 15 aromatic rings. The van der Waals surface area contributed by atoms with E-state index in [0.717, 1.165) is 44.3 Å². The molecule has 5 aromatic heterocycles. The van der Waals surface area contributed by atoms with E-state index in [2.05, 4.69) is 220 Å². The minimum Gasteiger partial charge on any atom is -0.454 e. The Morgan fingerprint density at radius 3 is 1.48 bits per heavy atom. The van der Waals surface area contributed by atoms with Gasteiger partial charge in [-0.3, -0.25) is 0 Å². The molecule has 0 amide bonds. The lowest BCUT2D eigenvalue weighted by atomic mass is 10.0. The number of hydrogen-bond acceptors (Lipinski definition) is 1. The first-order chi connectivity index (χ1) is 31.7. The average molecular weight is 814 g/mol. The lowest BCUT2D eigenvalue weighted by Gasteiger charge is -2.11. The van der Waals surface area contributed by atoms with E-state index in [9.17, 15) is 0 Å². The maximum absolute atomic E-state index is 6.55. The van der Waals surface area contributed by atoms with Crippen molar-refractivity contribution < 1.29 is 4.42 Å². The van der Waals surface area contributed by atoms with Crippen LogP contribution in [0.3, 0.4) is 0 Å². The van der Waals surface area contributed by atoms with Crippen LogP contribution in [0.25, 0.3) is 137 Å². The number of furan rings is 1. The minimum absolute atomic E-state index is 0.901. The van der Waals surface area contributed by atoms with Crippen LogP contribution in [0, 0.1) is 0 Å². The Morgan fingerprint density at radius 2 is 0.766 bits per heavy atom. The molecule has 10 aromatic carbocycles. The van der Waals surface area contributed by atoms with Gasteiger partial charge in [0.2, 0.25) is 0 Å². The van der Waals surface area contributed by atoms with Gasteiger partial charge in [0.05, 0.1) is 44.3 Å². The summed E-state index contributed by atoms with van der Waals surface area (Å²) in [5, 5.41) is 12.4. The molecule has 0 spiro atoms. The standard InChI is InChI=1S/C60H35N3O/c1-7-20-53-41(11-1)46-15-9-16-47-44-30-25-39(35-57(44)63(53)59(46)47)36-23-28-40(29-24-36)61-51-18-5-2-12-42(51)49-33-37(26-31-54(49)61)38-27-32-55-50(34-38)43-13-3-6-19-52(43)62(55)56-21-10-17-48-45-14-4-8-22-58(45)64-60(48)56/h1-35H. The highest BCUT2D eigenvalue weighted by Crippen LogP contribution is 2.43. The van der Waals surface area contributed by atoms with Crippen molar-refractivity contribution in [2.75, 3.05) is 0 Å². The van der Waals surface area contributed by atoms with E-state index < -0.39 is 0 Å². The third kappa shape index (κ3) is 4.51. The second-order valence-corrected chi connectivity index (χ2v) is 17.3. The van der Waals surface area contributed by atoms with Gasteiger partial charge in [0.1, 0.15) is 5.58 Å². The summed E-state index contributed by atoms with van der Waals surface area (Å²) < 4.78 is 13.8. The lowest BCUT2D eigenvalue weighted by Crippen LogP contribution is -1.94. The molecule has 0 aliphatic rings. The van der Waals surface area contributed by atoms with Crippen molar-refractivity contribution in [3.05, 3.63) is 212 Å². The van der Waals surface area contributed by atoms with Gasteiger partial charge >= 0.3 is 0 Å². The van der Waals surface area contributed by atoms with Crippen LogP contribution in [0.2, 0.25) is 0 Å². The van der Waals surface area contributed by atoms with Crippen LogP contribution in [0.4, 0.5) is 0 Å². The zero-order valence-corrected chi connectivity index (χ0v) is 34.5. The monoisotopic (exact) mass is 813 g/mol. The topological polar surface area (TPSA) is 27.4 Å². The zero-order chi connectivity index (χ0) is 41.6. The van der Waals surface area contributed by atoms with E-state index >= 15 is 0 Å². The highest BCUT2D eigenvalue weighted by molar-refractivity contribution is 6.23. The molecule has 0 aliphatic carbocycles. The molecule has 5 heterocycles. The number of rotatable bonds is 4. The number of benzene rings is 10. The number of fused-ring (bicyclic) bond motifs is 15. The summed E-state index contributed by atoms with van der Waals surface area (Å²) in [4.78, 5) is 0. The van der Waals surface area contributed by atoms with Gasteiger partial charge in [-0.15, -0.1) is 0 Å². The van der Waals surface area contributed by atoms with Crippen LogP contribution < -0.4 is 0 Å². The van der Waals surface area contributed by atoms with Crippen LogP contribution in [0.1, 0.15) is 0 Å². The maximum atomic E-state index is 6.55. The molecule has 15 rings (SSSR count). The van der Waals surface area contributed by atoms with Gasteiger partial charge < -0.3 is 18.0 Å². The molecule has 0 N–H and O–H groups in total. The lowest BCUT2D eigenvalue weighted by molar-refractivity contribution is 0.666. The van der Waals surface area contributed by atoms with E-state index in [1.165, 1.54) is 92.9 Å². The average Bonchev–Trinajstić information content (AvgIpc) is 4.16. The Kier molecular flexibility index (Phi) is 6.65. The van der Waals surface area contributed by atoms with E-state index in [1.807, 2.05) is 6.07 Å². The molecular formula is C60H35N3O. The maximum Gasteiger partial charge on any atom is 0.159 e. The number of aromatic nitrogens is 3. The summed E-state index contributed by atoms with van der Waals surface area (Å²) in [6.45, 7) is 0. The van der Waals surface area contributed by atoms with Crippen molar-refractivity contribution in [3.8, 4) is 33.6 Å². The van der Waals surface area contributed by atoms with E-state index in [0.29, 0.717) is 0 Å². The molecule has 64 heavy (non-hydrogen) atoms. The third-order valence-electron chi connectivity index (χ3n) is 14.0. The summed E-state index contributed by atoms with van der Waals surface area (Å²) in [7, 11) is 0. The highest BCUT2D eigenvalue weighted by Gasteiger charge is 2.20. The predicted octanol–water partition coefficient (Wildman–Crippen LogP) is 16.3. The molecule has 0 aliphatic heterocycles. The largest absolute Gasteiger partial charge is 0.454 e. The molecule has 296 valence electrons. The SMILES string of the molecule is c1ccc2c(c1)oc1c(-n3c4ccccc4c4cc(-c5ccc6c(c5)c5ccccc5n6-c5ccc(-c6ccc7c8cccc9c%10ccccc%10n(c7c6)c98)cc5)ccc43)cccc12. The first-order valence-corrected chi connectivity index (χ1v) is 22.0. The highest BCUT2D eigenvalue weighted by atomic mass is 16.3. The summed E-state index contributed by atoms with van der Waals surface area (Å²) in [5.41, 5.74) is 17.3. The first-order valence-electron chi connectivity index (χ1n) is 22.0. The summed E-state index contributed by atoms with van der Waals surface area (Å²) in [6.07, 6.45) is 0. The van der Waals surface area contributed by atoms with Crippen molar-refractivity contribution >= 4 is 104 Å². The van der Waals surface area contributed by atoms with Crippen molar-refractivity contribution in [1.29, 1.82) is 0 Å². The number of nitrogens with zero attached hydrogens (tertiary/aromatic N) is 3. The van der Waals surface area contributed by atoms with Gasteiger partial charge in [0.15, 0.2) is 5.58 Å². The summed E-state index contributed by atoms with van der Waals surface area (Å²) in [5.74, 6) is 0. The van der Waals surface area contributed by atoms with E-state index in [-0.39, 0.29) is 0 Å². The van der Waals surface area contributed by atoms with Crippen LogP contribution in [0.15, 0.2) is 217 Å². The van der Waals surface area contributed by atoms with Crippen LogP contribution >= 0.6 is 0 Å². The summed E-state index contributed by atoms with van der Waals surface area (Å²) in [6, 6.07) is 77.7. The summed E-state index contributed by atoms with van der Waals surface area (Å²) >= 11 is 0. The Labute approximate surface area is 366 Å². The number of hydrogen-bond donors (Lipinski definition) is 0. The van der Waals surface area contributed by atoms with Gasteiger partial charge in [0, 0.05) is 59.5 Å². The fourth-order valence-corrected chi connectivity index (χ4v) is 11.2. The minimum atomic E-state index is 0.901. The van der Waals surface area contributed by atoms with Crippen LogP contribution in [-0.2, 0) is 0 Å². The Balaban J connectivity index is 0.841. The van der Waals surface area contributed by atoms with Crippen LogP contribution in [-0.4, -0.2) is 13.5 Å². The quantitative estimate of drug-likeness (QED) is 0.174. The van der Waals surface area contributed by atoms with Crippen LogP contribution in [0.5, 0.6) is 0 Å². The molecule has 4 nitrogen and oxygen atoms in total. The van der Waals surface area contributed by atoms with Crippen molar-refractivity contribution in [3.63, 3.8) is 0 Å². The molecule has 0 radical (unpaired) electrons. The van der Waals surface area contributed by atoms with Gasteiger partial charge in [-0.05, 0) is 95.1 Å². The van der Waals surface area contributed by atoms with Crippen molar-refractivity contribution in [2.24, 2.45) is 0 Å². The first kappa shape index (κ1) is 34.0. The predicted molar refractivity (Wildman–Crippen MR) is 268 cm³/mol. The van der Waals surface area contributed by atoms with E-state index in [1.54, 1.807) is 0 Å². The second-order valence-electron chi connectivity index (χ2n) is 17.3. The molecule has 0 saturated heterocycles. The van der Waals surface area contributed by atoms with Crippen molar-refractivity contribution in [1.82, 2.24) is 13.5 Å². The molecule has 4 heteroatoms. The molecule has 0 bridgehead atoms. The zero-order valence-electron chi connectivity index (χ0n) is 34.5. The third-order valence-corrected chi connectivity index (χ3v) is 14.0. The second kappa shape index (κ2) is 12.5. The number of para-hydroxylation sites is 6. The van der Waals surface area contributed by atoms with Crippen molar-refractivity contribution in [2.45, 2.75) is 0 Å². The van der Waals surface area contributed by atoms with Gasteiger partial charge in [-0.2, -0.15) is 0 Å². The Morgan fingerprint density at radius 1 is 0.281 bits per heavy atom. The smallest absolute Gasteiger partial charge is 0.159 e. The molecule has 0 unspecified atom stereocenters. The van der Waals surface area contributed by atoms with Gasteiger partial charge in [-0.1, -0.05) is 140 Å².